The molecule has 0 fully saturated rings. The molecular formula is C17H17ClN2O3. The molecule has 0 aliphatic rings. The summed E-state index contributed by atoms with van der Waals surface area (Å²) < 4.78 is 5.75. The van der Waals surface area contributed by atoms with Crippen LogP contribution < -0.4 is 15.4 Å². The monoisotopic (exact) mass is 332 g/mol. The van der Waals surface area contributed by atoms with Crippen molar-refractivity contribution in [3.8, 4) is 5.75 Å². The van der Waals surface area contributed by atoms with Gasteiger partial charge in [0.25, 0.3) is 5.91 Å². The van der Waals surface area contributed by atoms with Crippen molar-refractivity contribution in [3.63, 3.8) is 0 Å². The lowest BCUT2D eigenvalue weighted by molar-refractivity contribution is -0.127. The van der Waals surface area contributed by atoms with Crippen molar-refractivity contribution in [3.05, 3.63) is 65.2 Å². The molecule has 0 saturated heterocycles. The van der Waals surface area contributed by atoms with Gasteiger partial charge in [-0.05, 0) is 31.2 Å². The highest BCUT2D eigenvalue weighted by atomic mass is 35.5. The normalized spacial score (nSPS) is 11.4. The van der Waals surface area contributed by atoms with Gasteiger partial charge < -0.3 is 10.1 Å². The molecular weight excluding hydrogens is 316 g/mol. The van der Waals surface area contributed by atoms with Crippen molar-refractivity contribution in [1.82, 2.24) is 10.6 Å². The van der Waals surface area contributed by atoms with Crippen molar-refractivity contribution in [2.24, 2.45) is 0 Å². The minimum Gasteiger partial charge on any atom is -0.476 e. The number of ether oxygens (including phenoxy) is 1. The molecule has 3 amide bonds. The van der Waals surface area contributed by atoms with E-state index in [-0.39, 0.29) is 0 Å². The van der Waals surface area contributed by atoms with Gasteiger partial charge in [-0.2, -0.15) is 0 Å². The van der Waals surface area contributed by atoms with Gasteiger partial charge in [-0.15, -0.1) is 0 Å². The Hall–Kier alpha value is -2.53. The Balaban J connectivity index is 2.20. The highest BCUT2D eigenvalue weighted by molar-refractivity contribution is 6.30. The van der Waals surface area contributed by atoms with E-state index >= 15 is 0 Å². The summed E-state index contributed by atoms with van der Waals surface area (Å²) in [5, 5.41) is 5.35. The summed E-state index contributed by atoms with van der Waals surface area (Å²) in [7, 11) is 0. The predicted molar refractivity (Wildman–Crippen MR) is 88.5 cm³/mol. The summed E-state index contributed by atoms with van der Waals surface area (Å²) in [6.45, 7) is 2.19. The maximum absolute atomic E-state index is 12.4. The largest absolute Gasteiger partial charge is 0.476 e. The summed E-state index contributed by atoms with van der Waals surface area (Å²) in [5.74, 6) is -0.0635. The van der Waals surface area contributed by atoms with Crippen molar-refractivity contribution >= 4 is 23.5 Å². The first kappa shape index (κ1) is 16.8. The van der Waals surface area contributed by atoms with Crippen LogP contribution in [-0.4, -0.2) is 18.5 Å². The topological polar surface area (TPSA) is 67.4 Å². The number of urea groups is 1. The number of imide groups is 1. The van der Waals surface area contributed by atoms with Gasteiger partial charge in [0, 0.05) is 17.1 Å². The van der Waals surface area contributed by atoms with E-state index in [0.717, 1.165) is 0 Å². The third-order valence-corrected chi connectivity index (χ3v) is 3.23. The van der Waals surface area contributed by atoms with Crippen LogP contribution in [0.5, 0.6) is 5.75 Å². The van der Waals surface area contributed by atoms with Crippen LogP contribution in [-0.2, 0) is 4.79 Å². The van der Waals surface area contributed by atoms with Gasteiger partial charge in [0.1, 0.15) is 5.75 Å². The van der Waals surface area contributed by atoms with E-state index in [2.05, 4.69) is 10.6 Å². The predicted octanol–water partition coefficient (Wildman–Crippen LogP) is 3.31. The first-order chi connectivity index (χ1) is 11.1. The van der Waals surface area contributed by atoms with Gasteiger partial charge in [-0.3, -0.25) is 10.1 Å². The fraction of sp³-hybridized carbons (Fsp3) is 0.176. The second-order valence-electron chi connectivity index (χ2n) is 4.71. The van der Waals surface area contributed by atoms with Crippen molar-refractivity contribution in [2.75, 3.05) is 6.54 Å². The lowest BCUT2D eigenvalue weighted by atomic mass is 10.1. The quantitative estimate of drug-likeness (QED) is 0.882. The standard InChI is InChI=1S/C17H17ClN2O3/c1-2-19-17(22)20-16(21)15(12-6-4-3-5-7-12)23-14-10-8-13(18)9-11-14/h3-11,15H,2H2,1H3,(H2,19,20,21,22)/t15-/m0/s1. The van der Waals surface area contributed by atoms with Gasteiger partial charge in [-0.1, -0.05) is 41.9 Å². The average Bonchev–Trinajstić information content (AvgIpc) is 2.55. The lowest BCUT2D eigenvalue weighted by Gasteiger charge is -2.19. The highest BCUT2D eigenvalue weighted by Crippen LogP contribution is 2.23. The first-order valence-electron chi connectivity index (χ1n) is 7.16. The molecule has 0 saturated carbocycles. The fourth-order valence-electron chi connectivity index (χ4n) is 1.93. The summed E-state index contributed by atoms with van der Waals surface area (Å²) >= 11 is 5.84. The molecule has 5 nitrogen and oxygen atoms in total. The molecule has 0 spiro atoms. The number of carbonyl (C=O) groups is 2. The minimum absolute atomic E-state index is 0.424. The molecule has 2 N–H and O–H groups in total. The Bertz CT molecular complexity index is 659. The second kappa shape index (κ2) is 8.19. The molecule has 6 heteroatoms. The molecule has 0 heterocycles. The summed E-state index contributed by atoms with van der Waals surface area (Å²) in [6.07, 6.45) is -0.944. The van der Waals surface area contributed by atoms with Crippen molar-refractivity contribution in [2.45, 2.75) is 13.0 Å². The molecule has 0 bridgehead atoms. The number of carbonyl (C=O) groups excluding carboxylic acids is 2. The number of nitrogens with one attached hydrogen (secondary N) is 2. The second-order valence-corrected chi connectivity index (χ2v) is 5.15. The van der Waals surface area contributed by atoms with Crippen molar-refractivity contribution in [1.29, 1.82) is 0 Å². The molecule has 0 aliphatic carbocycles. The van der Waals surface area contributed by atoms with Crippen molar-refractivity contribution < 1.29 is 14.3 Å². The number of amides is 3. The average molecular weight is 333 g/mol. The molecule has 0 radical (unpaired) electrons. The fourth-order valence-corrected chi connectivity index (χ4v) is 2.06. The van der Waals surface area contributed by atoms with Gasteiger partial charge in [0.2, 0.25) is 6.10 Å². The molecule has 120 valence electrons. The lowest BCUT2D eigenvalue weighted by Crippen LogP contribution is -2.42. The van der Waals surface area contributed by atoms with E-state index in [4.69, 9.17) is 16.3 Å². The Morgan fingerprint density at radius 1 is 1.09 bits per heavy atom. The van der Waals surface area contributed by atoms with Crippen LogP contribution in [0.15, 0.2) is 54.6 Å². The van der Waals surface area contributed by atoms with E-state index in [0.29, 0.717) is 22.9 Å². The zero-order chi connectivity index (χ0) is 16.7. The highest BCUT2D eigenvalue weighted by Gasteiger charge is 2.24. The summed E-state index contributed by atoms with van der Waals surface area (Å²) in [5.41, 5.74) is 0.643. The molecule has 2 aromatic rings. The van der Waals surface area contributed by atoms with Crippen LogP contribution in [0.3, 0.4) is 0 Å². The zero-order valence-corrected chi connectivity index (χ0v) is 13.3. The van der Waals surface area contributed by atoms with E-state index in [9.17, 15) is 9.59 Å². The van der Waals surface area contributed by atoms with Crippen LogP contribution in [0.2, 0.25) is 5.02 Å². The number of rotatable bonds is 5. The van der Waals surface area contributed by atoms with Crippen LogP contribution in [0, 0.1) is 0 Å². The molecule has 0 aliphatic heterocycles. The molecule has 1 atom stereocenters. The Morgan fingerprint density at radius 2 is 1.74 bits per heavy atom. The molecule has 2 rings (SSSR count). The number of hydrogen-bond donors (Lipinski definition) is 2. The van der Waals surface area contributed by atoms with E-state index in [1.54, 1.807) is 55.5 Å². The molecule has 0 aromatic heterocycles. The number of halogens is 1. The molecule has 23 heavy (non-hydrogen) atoms. The van der Waals surface area contributed by atoms with Gasteiger partial charge >= 0.3 is 6.03 Å². The zero-order valence-electron chi connectivity index (χ0n) is 12.6. The maximum atomic E-state index is 12.4. The Labute approximate surface area is 139 Å². The maximum Gasteiger partial charge on any atom is 0.321 e. The Morgan fingerprint density at radius 3 is 2.35 bits per heavy atom. The van der Waals surface area contributed by atoms with Gasteiger partial charge in [0.15, 0.2) is 0 Å². The summed E-state index contributed by atoms with van der Waals surface area (Å²) in [4.78, 5) is 23.9. The van der Waals surface area contributed by atoms with Gasteiger partial charge in [0.05, 0.1) is 0 Å². The first-order valence-corrected chi connectivity index (χ1v) is 7.54. The third kappa shape index (κ3) is 5.00. The molecule has 0 unspecified atom stereocenters. The van der Waals surface area contributed by atoms with E-state index < -0.39 is 18.0 Å². The Kier molecular flexibility index (Phi) is 6.00. The van der Waals surface area contributed by atoms with Crippen LogP contribution >= 0.6 is 11.6 Å². The van der Waals surface area contributed by atoms with Crippen LogP contribution in [0.1, 0.15) is 18.6 Å². The van der Waals surface area contributed by atoms with E-state index in [1.807, 2.05) is 6.07 Å². The summed E-state index contributed by atoms with van der Waals surface area (Å²) in [6, 6.07) is 15.1. The smallest absolute Gasteiger partial charge is 0.321 e. The minimum atomic E-state index is -0.944. The number of hydrogen-bond acceptors (Lipinski definition) is 3. The van der Waals surface area contributed by atoms with Gasteiger partial charge in [-0.25, -0.2) is 4.79 Å². The van der Waals surface area contributed by atoms with Crippen LogP contribution in [0.25, 0.3) is 0 Å². The van der Waals surface area contributed by atoms with E-state index in [1.165, 1.54) is 0 Å². The third-order valence-electron chi connectivity index (χ3n) is 2.98. The number of benzene rings is 2. The SMILES string of the molecule is CCNC(=O)NC(=O)[C@@H](Oc1ccc(Cl)cc1)c1ccccc1. The van der Waals surface area contributed by atoms with Crippen LogP contribution in [0.4, 0.5) is 4.79 Å². The molecule has 2 aromatic carbocycles.